The van der Waals surface area contributed by atoms with E-state index in [-0.39, 0.29) is 5.91 Å². The van der Waals surface area contributed by atoms with Crippen molar-refractivity contribution in [2.45, 2.75) is 39.5 Å². The van der Waals surface area contributed by atoms with E-state index in [0.717, 1.165) is 49.9 Å². The number of rotatable bonds is 7. The van der Waals surface area contributed by atoms with E-state index < -0.39 is 0 Å². The summed E-state index contributed by atoms with van der Waals surface area (Å²) in [6.45, 7) is 6.32. The quantitative estimate of drug-likeness (QED) is 0.783. The Morgan fingerprint density at radius 1 is 1.10 bits per heavy atom. The molecule has 0 bridgehead atoms. The zero-order valence-electron chi connectivity index (χ0n) is 13.2. The summed E-state index contributed by atoms with van der Waals surface area (Å²) in [6, 6.07) is 7.48. The fourth-order valence-corrected chi connectivity index (χ4v) is 2.04. The van der Waals surface area contributed by atoms with Crippen LogP contribution < -0.4 is 5.73 Å². The number of amides is 1. The Hall–Kier alpha value is -1.79. The van der Waals surface area contributed by atoms with Crippen molar-refractivity contribution in [1.29, 1.82) is 0 Å². The first kappa shape index (κ1) is 17.3. The number of hydrogen-bond donors (Lipinski definition) is 1. The Morgan fingerprint density at radius 2 is 1.67 bits per heavy atom. The van der Waals surface area contributed by atoms with E-state index in [9.17, 15) is 4.79 Å². The van der Waals surface area contributed by atoms with E-state index in [4.69, 9.17) is 5.73 Å². The van der Waals surface area contributed by atoms with Crippen molar-refractivity contribution in [3.05, 3.63) is 35.4 Å². The van der Waals surface area contributed by atoms with Crippen LogP contribution in [0.25, 0.3) is 0 Å². The topological polar surface area (TPSA) is 46.3 Å². The maximum atomic E-state index is 12.6. The molecule has 0 saturated carbocycles. The highest BCUT2D eigenvalue weighted by atomic mass is 16.2. The molecule has 21 heavy (non-hydrogen) atoms. The molecule has 1 aromatic carbocycles. The predicted octanol–water partition coefficient (Wildman–Crippen LogP) is 3.04. The maximum absolute atomic E-state index is 12.6. The molecule has 0 unspecified atom stereocenters. The molecule has 1 rings (SSSR count). The molecule has 3 heteroatoms. The van der Waals surface area contributed by atoms with Gasteiger partial charge in [0.15, 0.2) is 0 Å². The minimum Gasteiger partial charge on any atom is -0.339 e. The summed E-state index contributed by atoms with van der Waals surface area (Å²) in [5, 5.41) is 0. The Morgan fingerprint density at radius 3 is 2.14 bits per heavy atom. The van der Waals surface area contributed by atoms with Gasteiger partial charge in [-0.1, -0.05) is 38.5 Å². The van der Waals surface area contributed by atoms with Gasteiger partial charge in [-0.15, -0.1) is 0 Å². The van der Waals surface area contributed by atoms with Gasteiger partial charge in [0.1, 0.15) is 0 Å². The van der Waals surface area contributed by atoms with Gasteiger partial charge in [0.05, 0.1) is 6.54 Å². The molecule has 3 nitrogen and oxygen atoms in total. The summed E-state index contributed by atoms with van der Waals surface area (Å²) in [5.41, 5.74) is 6.98. The zero-order chi connectivity index (χ0) is 15.5. The average Bonchev–Trinajstić information content (AvgIpc) is 2.53. The molecular weight excluding hydrogens is 260 g/mol. The van der Waals surface area contributed by atoms with Gasteiger partial charge >= 0.3 is 0 Å². The highest BCUT2D eigenvalue weighted by molar-refractivity contribution is 5.94. The first-order valence-corrected chi connectivity index (χ1v) is 7.81. The molecule has 0 spiro atoms. The summed E-state index contributed by atoms with van der Waals surface area (Å²) < 4.78 is 0. The molecule has 0 aromatic heterocycles. The van der Waals surface area contributed by atoms with Gasteiger partial charge < -0.3 is 10.6 Å². The molecule has 0 fully saturated rings. The minimum atomic E-state index is 0.121. The minimum absolute atomic E-state index is 0.121. The second kappa shape index (κ2) is 10.0. The summed E-state index contributed by atoms with van der Waals surface area (Å²) >= 11 is 0. The van der Waals surface area contributed by atoms with Gasteiger partial charge in [-0.3, -0.25) is 4.79 Å². The fraction of sp³-hybridized carbons (Fsp3) is 0.500. The van der Waals surface area contributed by atoms with Crippen molar-refractivity contribution in [1.82, 2.24) is 4.90 Å². The van der Waals surface area contributed by atoms with Crippen LogP contribution in [0.5, 0.6) is 0 Å². The zero-order valence-corrected chi connectivity index (χ0v) is 13.2. The monoisotopic (exact) mass is 286 g/mol. The third kappa shape index (κ3) is 6.01. The van der Waals surface area contributed by atoms with Crippen LogP contribution in [0.4, 0.5) is 0 Å². The second-order valence-electron chi connectivity index (χ2n) is 5.08. The van der Waals surface area contributed by atoms with Gasteiger partial charge in [0, 0.05) is 24.2 Å². The molecule has 1 aromatic rings. The summed E-state index contributed by atoms with van der Waals surface area (Å²) in [7, 11) is 0. The molecular formula is C18H26N2O. The van der Waals surface area contributed by atoms with Crippen molar-refractivity contribution >= 4 is 5.91 Å². The molecule has 0 aliphatic heterocycles. The van der Waals surface area contributed by atoms with E-state index in [0.29, 0.717) is 6.54 Å². The van der Waals surface area contributed by atoms with E-state index in [1.807, 2.05) is 29.2 Å². The molecule has 0 radical (unpaired) electrons. The number of carbonyl (C=O) groups excluding carboxylic acids is 1. The normalized spacial score (nSPS) is 9.86. The van der Waals surface area contributed by atoms with Gasteiger partial charge in [-0.25, -0.2) is 0 Å². The molecule has 0 heterocycles. The number of nitrogens with two attached hydrogens (primary N) is 1. The van der Waals surface area contributed by atoms with Gasteiger partial charge in [0.2, 0.25) is 0 Å². The third-order valence-corrected chi connectivity index (χ3v) is 3.32. The Balaban J connectivity index is 2.77. The van der Waals surface area contributed by atoms with Crippen LogP contribution in [0.15, 0.2) is 24.3 Å². The van der Waals surface area contributed by atoms with Crippen molar-refractivity contribution < 1.29 is 4.79 Å². The number of nitrogens with zero attached hydrogens (tertiary/aromatic N) is 1. The van der Waals surface area contributed by atoms with Crippen LogP contribution in [0, 0.1) is 11.8 Å². The lowest BCUT2D eigenvalue weighted by molar-refractivity contribution is 0.0751. The SMILES string of the molecule is CCCCN(CCCC)C(=O)c1ccc(C#CCN)cc1. The number of hydrogen-bond acceptors (Lipinski definition) is 2. The number of benzene rings is 1. The lowest BCUT2D eigenvalue weighted by Crippen LogP contribution is -2.32. The maximum Gasteiger partial charge on any atom is 0.253 e. The lowest BCUT2D eigenvalue weighted by Gasteiger charge is -2.22. The van der Waals surface area contributed by atoms with Crippen molar-refractivity contribution in [3.8, 4) is 11.8 Å². The van der Waals surface area contributed by atoms with E-state index in [1.54, 1.807) is 0 Å². The van der Waals surface area contributed by atoms with Crippen molar-refractivity contribution in [2.75, 3.05) is 19.6 Å². The fourth-order valence-electron chi connectivity index (χ4n) is 2.04. The summed E-state index contributed by atoms with van der Waals surface area (Å²) in [4.78, 5) is 14.5. The van der Waals surface area contributed by atoms with E-state index in [2.05, 4.69) is 25.7 Å². The highest BCUT2D eigenvalue weighted by Gasteiger charge is 2.14. The summed E-state index contributed by atoms with van der Waals surface area (Å²) in [6.07, 6.45) is 4.30. The molecule has 0 atom stereocenters. The first-order valence-electron chi connectivity index (χ1n) is 7.81. The van der Waals surface area contributed by atoms with Gasteiger partial charge in [-0.05, 0) is 37.1 Å². The lowest BCUT2D eigenvalue weighted by atomic mass is 10.1. The van der Waals surface area contributed by atoms with E-state index in [1.165, 1.54) is 0 Å². The van der Waals surface area contributed by atoms with Gasteiger partial charge in [0.25, 0.3) is 5.91 Å². The standard InChI is InChI=1S/C18H26N2O/c1-3-5-14-20(15-6-4-2)18(21)17-11-9-16(10-12-17)8-7-13-19/h9-12H,3-6,13-15,19H2,1-2H3. The Bertz CT molecular complexity index is 474. The predicted molar refractivity (Wildman–Crippen MR) is 88.1 cm³/mol. The smallest absolute Gasteiger partial charge is 0.253 e. The Kier molecular flexibility index (Phi) is 8.23. The molecule has 1 amide bonds. The summed E-state index contributed by atoms with van der Waals surface area (Å²) in [5.74, 6) is 5.90. The third-order valence-electron chi connectivity index (χ3n) is 3.32. The van der Waals surface area contributed by atoms with Crippen LogP contribution in [-0.2, 0) is 0 Å². The van der Waals surface area contributed by atoms with Crippen LogP contribution >= 0.6 is 0 Å². The molecule has 2 N–H and O–H groups in total. The Labute approximate surface area is 128 Å². The largest absolute Gasteiger partial charge is 0.339 e. The van der Waals surface area contributed by atoms with E-state index >= 15 is 0 Å². The molecule has 0 saturated heterocycles. The number of unbranched alkanes of at least 4 members (excludes halogenated alkanes) is 2. The van der Waals surface area contributed by atoms with Gasteiger partial charge in [-0.2, -0.15) is 0 Å². The average molecular weight is 286 g/mol. The van der Waals surface area contributed by atoms with Crippen LogP contribution in [-0.4, -0.2) is 30.4 Å². The molecule has 0 aliphatic carbocycles. The highest BCUT2D eigenvalue weighted by Crippen LogP contribution is 2.09. The van der Waals surface area contributed by atoms with Crippen molar-refractivity contribution in [3.63, 3.8) is 0 Å². The molecule has 0 aliphatic rings. The second-order valence-corrected chi connectivity index (χ2v) is 5.08. The van der Waals surface area contributed by atoms with Crippen LogP contribution in [0.2, 0.25) is 0 Å². The molecule has 114 valence electrons. The van der Waals surface area contributed by atoms with Crippen LogP contribution in [0.3, 0.4) is 0 Å². The number of carbonyl (C=O) groups is 1. The van der Waals surface area contributed by atoms with Crippen molar-refractivity contribution in [2.24, 2.45) is 5.73 Å². The van der Waals surface area contributed by atoms with Crippen LogP contribution in [0.1, 0.15) is 55.5 Å². The first-order chi connectivity index (χ1) is 10.2.